The molecule has 0 atom stereocenters. The molecule has 0 aromatic carbocycles. The summed E-state index contributed by atoms with van der Waals surface area (Å²) in [5.74, 6) is 0.249. The molecule has 0 amide bonds. The number of carbonyl (C=O) groups excluding carboxylic acids is 1. The molecule has 11 heavy (non-hydrogen) atoms. The van der Waals surface area contributed by atoms with E-state index in [2.05, 4.69) is 11.9 Å². The highest BCUT2D eigenvalue weighted by atomic mass is 16.1. The highest BCUT2D eigenvalue weighted by Gasteiger charge is 2.13. The second-order valence-corrected chi connectivity index (χ2v) is 2.75. The van der Waals surface area contributed by atoms with E-state index in [-0.39, 0.29) is 5.78 Å². The molecule has 0 unspecified atom stereocenters. The van der Waals surface area contributed by atoms with E-state index in [1.165, 1.54) is 0 Å². The van der Waals surface area contributed by atoms with Crippen molar-refractivity contribution < 1.29 is 4.79 Å². The van der Waals surface area contributed by atoms with E-state index < -0.39 is 0 Å². The molecule has 1 heterocycles. The lowest BCUT2D eigenvalue weighted by Crippen LogP contribution is -2.09. The van der Waals surface area contributed by atoms with Gasteiger partial charge in [0.2, 0.25) is 0 Å². The van der Waals surface area contributed by atoms with Crippen molar-refractivity contribution in [2.24, 2.45) is 4.99 Å². The lowest BCUT2D eigenvalue weighted by atomic mass is 10.0. The molecule has 1 aliphatic rings. The predicted molar refractivity (Wildman–Crippen MR) is 45.7 cm³/mol. The van der Waals surface area contributed by atoms with Crippen LogP contribution in [0.3, 0.4) is 0 Å². The fourth-order valence-corrected chi connectivity index (χ4v) is 1.24. The fraction of sp³-hybridized carbons (Fsp3) is 0.556. The maximum absolute atomic E-state index is 11.2. The van der Waals surface area contributed by atoms with Crippen molar-refractivity contribution in [1.82, 2.24) is 0 Å². The molecule has 2 heteroatoms. The molecular formula is C9H13NO. The Hall–Kier alpha value is -0.920. The van der Waals surface area contributed by atoms with Crippen LogP contribution in [0.2, 0.25) is 0 Å². The summed E-state index contributed by atoms with van der Waals surface area (Å²) >= 11 is 0. The Bertz CT molecular complexity index is 226. The first-order valence-electron chi connectivity index (χ1n) is 4.01. The zero-order valence-electron chi connectivity index (χ0n) is 7.05. The minimum atomic E-state index is 0.249. The van der Waals surface area contributed by atoms with E-state index in [1.54, 1.807) is 6.21 Å². The molecule has 0 aromatic rings. The van der Waals surface area contributed by atoms with Gasteiger partial charge < -0.3 is 0 Å². The van der Waals surface area contributed by atoms with E-state index >= 15 is 0 Å². The van der Waals surface area contributed by atoms with Gasteiger partial charge in [-0.05, 0) is 13.3 Å². The van der Waals surface area contributed by atoms with Crippen LogP contribution in [0.1, 0.15) is 33.1 Å². The summed E-state index contributed by atoms with van der Waals surface area (Å²) in [5, 5.41) is 0. The minimum absolute atomic E-state index is 0.249. The van der Waals surface area contributed by atoms with Gasteiger partial charge in [0.05, 0.1) is 0 Å². The first-order chi connectivity index (χ1) is 5.25. The number of carbonyl (C=O) groups is 1. The lowest BCUT2D eigenvalue weighted by molar-refractivity contribution is -0.114. The lowest BCUT2D eigenvalue weighted by Gasteiger charge is -2.09. The van der Waals surface area contributed by atoms with E-state index in [9.17, 15) is 4.79 Å². The number of aliphatic imine (C=N–C) groups is 1. The molecule has 0 aliphatic carbocycles. The molecule has 0 aromatic heterocycles. The number of rotatable bonds is 2. The van der Waals surface area contributed by atoms with Gasteiger partial charge in [0, 0.05) is 23.9 Å². The first-order valence-corrected chi connectivity index (χ1v) is 4.01. The van der Waals surface area contributed by atoms with Crippen LogP contribution >= 0.6 is 0 Å². The summed E-state index contributed by atoms with van der Waals surface area (Å²) in [6.45, 7) is 3.98. The van der Waals surface area contributed by atoms with E-state index in [0.29, 0.717) is 6.42 Å². The van der Waals surface area contributed by atoms with Crippen molar-refractivity contribution in [2.45, 2.75) is 33.1 Å². The molecule has 0 N–H and O–H groups in total. The Morgan fingerprint density at radius 2 is 2.36 bits per heavy atom. The van der Waals surface area contributed by atoms with E-state index in [0.717, 1.165) is 24.1 Å². The summed E-state index contributed by atoms with van der Waals surface area (Å²) in [6, 6.07) is 0. The quantitative estimate of drug-likeness (QED) is 0.594. The van der Waals surface area contributed by atoms with Crippen molar-refractivity contribution in [3.05, 3.63) is 11.3 Å². The number of allylic oxidation sites excluding steroid dienone is 2. The Labute approximate surface area is 67.0 Å². The molecule has 60 valence electrons. The van der Waals surface area contributed by atoms with Gasteiger partial charge in [-0.3, -0.25) is 9.79 Å². The summed E-state index contributed by atoms with van der Waals surface area (Å²) < 4.78 is 0. The summed E-state index contributed by atoms with van der Waals surface area (Å²) in [7, 11) is 0. The third kappa shape index (κ3) is 1.76. The van der Waals surface area contributed by atoms with Crippen LogP contribution < -0.4 is 0 Å². The van der Waals surface area contributed by atoms with Gasteiger partial charge in [-0.2, -0.15) is 0 Å². The smallest absolute Gasteiger partial charge is 0.165 e. The number of Topliss-reactive ketones (excluding diaryl/α,β-unsaturated/α-hetero) is 1. The van der Waals surface area contributed by atoms with Crippen LogP contribution in [0.15, 0.2) is 16.3 Å². The van der Waals surface area contributed by atoms with Gasteiger partial charge in [0.25, 0.3) is 0 Å². The summed E-state index contributed by atoms with van der Waals surface area (Å²) in [4.78, 5) is 15.4. The van der Waals surface area contributed by atoms with Crippen LogP contribution in [0.5, 0.6) is 0 Å². The van der Waals surface area contributed by atoms with Crippen molar-refractivity contribution in [3.63, 3.8) is 0 Å². The van der Waals surface area contributed by atoms with Gasteiger partial charge in [0.1, 0.15) is 0 Å². The Balaban J connectivity index is 2.82. The maximum atomic E-state index is 11.2. The number of hydrogen-bond acceptors (Lipinski definition) is 2. The zero-order valence-corrected chi connectivity index (χ0v) is 7.05. The van der Waals surface area contributed by atoms with Gasteiger partial charge >= 0.3 is 0 Å². The largest absolute Gasteiger partial charge is 0.294 e. The van der Waals surface area contributed by atoms with Crippen molar-refractivity contribution in [3.8, 4) is 0 Å². The Kier molecular flexibility index (Phi) is 2.58. The van der Waals surface area contributed by atoms with Crippen molar-refractivity contribution in [1.29, 1.82) is 0 Å². The highest BCUT2D eigenvalue weighted by molar-refractivity contribution is 6.05. The second-order valence-electron chi connectivity index (χ2n) is 2.75. The number of hydrogen-bond donors (Lipinski definition) is 0. The Morgan fingerprint density at radius 3 is 2.91 bits per heavy atom. The van der Waals surface area contributed by atoms with Crippen molar-refractivity contribution in [2.75, 3.05) is 0 Å². The molecule has 2 nitrogen and oxygen atoms in total. The SMILES string of the molecule is CCCC1=C(C)N=CCC1=O. The van der Waals surface area contributed by atoms with Crippen LogP contribution in [0.4, 0.5) is 0 Å². The third-order valence-corrected chi connectivity index (χ3v) is 1.83. The topological polar surface area (TPSA) is 29.4 Å². The van der Waals surface area contributed by atoms with Gasteiger partial charge in [-0.15, -0.1) is 0 Å². The normalized spacial score (nSPS) is 17.8. The predicted octanol–water partition coefficient (Wildman–Crippen LogP) is 2.10. The van der Waals surface area contributed by atoms with Crippen molar-refractivity contribution >= 4 is 12.0 Å². The van der Waals surface area contributed by atoms with Crippen LogP contribution in [0, 0.1) is 0 Å². The molecule has 0 bridgehead atoms. The molecule has 0 radical (unpaired) electrons. The van der Waals surface area contributed by atoms with E-state index in [4.69, 9.17) is 0 Å². The van der Waals surface area contributed by atoms with Gasteiger partial charge in [0.15, 0.2) is 5.78 Å². The molecule has 0 spiro atoms. The fourth-order valence-electron chi connectivity index (χ4n) is 1.24. The highest BCUT2D eigenvalue weighted by Crippen LogP contribution is 2.17. The maximum Gasteiger partial charge on any atom is 0.165 e. The van der Waals surface area contributed by atoms with Gasteiger partial charge in [-0.1, -0.05) is 13.3 Å². The average molecular weight is 151 g/mol. The summed E-state index contributed by atoms with van der Waals surface area (Å²) in [5.41, 5.74) is 1.83. The molecule has 0 saturated carbocycles. The van der Waals surface area contributed by atoms with E-state index in [1.807, 2.05) is 6.92 Å². The van der Waals surface area contributed by atoms with Crippen LogP contribution in [0.25, 0.3) is 0 Å². The molecular weight excluding hydrogens is 138 g/mol. The molecule has 1 rings (SSSR count). The number of nitrogens with zero attached hydrogens (tertiary/aromatic N) is 1. The third-order valence-electron chi connectivity index (χ3n) is 1.83. The summed E-state index contributed by atoms with van der Waals surface area (Å²) in [6.07, 6.45) is 4.08. The molecule has 0 fully saturated rings. The first kappa shape index (κ1) is 8.18. The minimum Gasteiger partial charge on any atom is -0.294 e. The van der Waals surface area contributed by atoms with Gasteiger partial charge in [-0.25, -0.2) is 0 Å². The van der Waals surface area contributed by atoms with Crippen LogP contribution in [-0.4, -0.2) is 12.0 Å². The molecule has 1 aliphatic heterocycles. The average Bonchev–Trinajstić information content (AvgIpc) is 1.97. The number of ketones is 1. The molecule has 0 saturated heterocycles. The standard InChI is InChI=1S/C9H13NO/c1-3-4-8-7(2)10-6-5-9(8)11/h6H,3-5H2,1-2H3. The Morgan fingerprint density at radius 1 is 1.64 bits per heavy atom. The monoisotopic (exact) mass is 151 g/mol. The van der Waals surface area contributed by atoms with Crippen LogP contribution in [-0.2, 0) is 4.79 Å². The second kappa shape index (κ2) is 3.46. The zero-order chi connectivity index (χ0) is 8.27.